The maximum atomic E-state index is 11.4. The largest absolute Gasteiger partial charge is 0.478 e. The van der Waals surface area contributed by atoms with E-state index in [1.807, 2.05) is 18.2 Å². The summed E-state index contributed by atoms with van der Waals surface area (Å²) in [6.45, 7) is 2.45. The summed E-state index contributed by atoms with van der Waals surface area (Å²) < 4.78 is 6.07. The first kappa shape index (κ1) is 22.0. The number of fused-ring (bicyclic) bond motifs is 1. The lowest BCUT2D eigenvalue weighted by Gasteiger charge is -2.20. The molecule has 0 radical (unpaired) electrons. The van der Waals surface area contributed by atoms with Gasteiger partial charge in [-0.25, -0.2) is 4.79 Å². The molecule has 0 aliphatic heterocycles. The van der Waals surface area contributed by atoms with Crippen LogP contribution in [0.2, 0.25) is 0 Å². The van der Waals surface area contributed by atoms with E-state index >= 15 is 0 Å². The Hall–Kier alpha value is -1.69. The van der Waals surface area contributed by atoms with Gasteiger partial charge >= 0.3 is 5.97 Å². The van der Waals surface area contributed by atoms with Crippen LogP contribution in [-0.4, -0.2) is 39.6 Å². The van der Waals surface area contributed by atoms with E-state index in [2.05, 4.69) is 6.92 Å². The van der Waals surface area contributed by atoms with Crippen molar-refractivity contribution in [3.05, 3.63) is 47.5 Å². The summed E-state index contributed by atoms with van der Waals surface area (Å²) in [5.41, 5.74) is 0.989. The summed E-state index contributed by atoms with van der Waals surface area (Å²) in [4.78, 5) is 11.4. The SMILES string of the molecule is CCCCCC(O)C=C[C@@H]1[C@@H]2CC(OCc3ccccc3C(=O)O)C[C@H]2C[C@H]1O. The maximum absolute atomic E-state index is 11.4. The van der Waals surface area contributed by atoms with Crippen LogP contribution in [0.4, 0.5) is 0 Å². The molecule has 0 aromatic heterocycles. The van der Waals surface area contributed by atoms with E-state index in [-0.39, 0.29) is 18.1 Å². The molecule has 3 rings (SSSR count). The highest BCUT2D eigenvalue weighted by atomic mass is 16.5. The Morgan fingerprint density at radius 3 is 2.79 bits per heavy atom. The van der Waals surface area contributed by atoms with Gasteiger partial charge in [0.15, 0.2) is 0 Å². The van der Waals surface area contributed by atoms with Crippen LogP contribution in [0.3, 0.4) is 0 Å². The Balaban J connectivity index is 1.53. The van der Waals surface area contributed by atoms with Crippen LogP contribution in [0.5, 0.6) is 0 Å². The molecule has 0 heterocycles. The predicted molar refractivity (Wildman–Crippen MR) is 112 cm³/mol. The minimum Gasteiger partial charge on any atom is -0.478 e. The van der Waals surface area contributed by atoms with Crippen LogP contribution in [-0.2, 0) is 11.3 Å². The zero-order valence-corrected chi connectivity index (χ0v) is 17.2. The Bertz CT molecular complexity index is 700. The fraction of sp³-hybridized carbons (Fsp3) is 0.625. The second kappa shape index (κ2) is 10.4. The monoisotopic (exact) mass is 402 g/mol. The van der Waals surface area contributed by atoms with Crippen molar-refractivity contribution in [2.75, 3.05) is 0 Å². The number of aliphatic hydroxyl groups is 2. The molecule has 0 spiro atoms. The smallest absolute Gasteiger partial charge is 0.336 e. The quantitative estimate of drug-likeness (QED) is 0.404. The first-order valence-electron chi connectivity index (χ1n) is 11.0. The number of unbranched alkanes of at least 4 members (excludes halogenated alkanes) is 2. The summed E-state index contributed by atoms with van der Waals surface area (Å²) in [5, 5.41) is 29.9. The molecule has 2 aliphatic carbocycles. The molecule has 3 N–H and O–H groups in total. The molecule has 2 aliphatic rings. The third kappa shape index (κ3) is 5.68. The van der Waals surface area contributed by atoms with Gasteiger partial charge in [-0.1, -0.05) is 56.5 Å². The fourth-order valence-electron chi connectivity index (χ4n) is 5.03. The Kier molecular flexibility index (Phi) is 7.87. The highest BCUT2D eigenvalue weighted by molar-refractivity contribution is 5.89. The summed E-state index contributed by atoms with van der Waals surface area (Å²) in [6.07, 6.45) is 9.81. The summed E-state index contributed by atoms with van der Waals surface area (Å²) >= 11 is 0. The molecule has 0 bridgehead atoms. The molecule has 1 aromatic carbocycles. The van der Waals surface area contributed by atoms with Crippen molar-refractivity contribution in [1.82, 2.24) is 0 Å². The van der Waals surface area contributed by atoms with Gasteiger partial charge in [-0.2, -0.15) is 0 Å². The van der Waals surface area contributed by atoms with Gasteiger partial charge in [-0.15, -0.1) is 0 Å². The standard InChI is InChI=1S/C24H34O5/c1-2-3-4-8-18(25)10-11-21-22-14-19(12-17(22)13-23(21)26)29-15-16-7-5-6-9-20(16)24(27)28/h5-7,9-11,17-19,21-23,25-26H,2-4,8,12-15H2,1H3,(H,27,28)/t17-,18?,19?,21+,22+,23+/m0/s1. The van der Waals surface area contributed by atoms with E-state index in [0.717, 1.165) is 44.9 Å². The van der Waals surface area contributed by atoms with Crippen molar-refractivity contribution in [3.63, 3.8) is 0 Å². The number of aliphatic hydroxyl groups excluding tert-OH is 2. The molecule has 2 fully saturated rings. The van der Waals surface area contributed by atoms with Crippen molar-refractivity contribution in [3.8, 4) is 0 Å². The van der Waals surface area contributed by atoms with E-state index in [4.69, 9.17) is 4.74 Å². The van der Waals surface area contributed by atoms with Crippen LogP contribution in [0, 0.1) is 17.8 Å². The number of rotatable bonds is 10. The molecule has 0 saturated heterocycles. The van der Waals surface area contributed by atoms with Gasteiger partial charge in [0.05, 0.1) is 30.5 Å². The maximum Gasteiger partial charge on any atom is 0.336 e. The second-order valence-corrected chi connectivity index (χ2v) is 8.62. The van der Waals surface area contributed by atoms with Gasteiger partial charge in [0.1, 0.15) is 0 Å². The minimum atomic E-state index is -0.932. The third-order valence-electron chi connectivity index (χ3n) is 6.57. The van der Waals surface area contributed by atoms with Crippen molar-refractivity contribution in [2.45, 2.75) is 76.8 Å². The van der Waals surface area contributed by atoms with Crippen LogP contribution in [0.15, 0.2) is 36.4 Å². The predicted octanol–water partition coefficient (Wildman–Crippen LogP) is 4.17. The highest BCUT2D eigenvalue weighted by Gasteiger charge is 2.47. The number of aromatic carboxylic acids is 1. The first-order valence-corrected chi connectivity index (χ1v) is 11.0. The average Bonchev–Trinajstić information content (AvgIpc) is 3.21. The van der Waals surface area contributed by atoms with E-state index in [9.17, 15) is 20.1 Å². The van der Waals surface area contributed by atoms with Gasteiger partial charge in [-0.05, 0) is 49.1 Å². The zero-order chi connectivity index (χ0) is 20.8. The fourth-order valence-corrected chi connectivity index (χ4v) is 5.03. The Morgan fingerprint density at radius 1 is 1.24 bits per heavy atom. The summed E-state index contributed by atoms with van der Waals surface area (Å²) in [6, 6.07) is 6.96. The topological polar surface area (TPSA) is 87.0 Å². The number of ether oxygens (including phenoxy) is 1. The summed E-state index contributed by atoms with van der Waals surface area (Å²) in [7, 11) is 0. The molecular formula is C24H34O5. The van der Waals surface area contributed by atoms with Gasteiger partial charge in [-0.3, -0.25) is 0 Å². The lowest BCUT2D eigenvalue weighted by molar-refractivity contribution is 0.0313. The van der Waals surface area contributed by atoms with Crippen LogP contribution < -0.4 is 0 Å². The highest BCUT2D eigenvalue weighted by Crippen LogP contribution is 2.49. The van der Waals surface area contributed by atoms with Gasteiger partial charge in [0.25, 0.3) is 0 Å². The molecule has 2 saturated carbocycles. The minimum absolute atomic E-state index is 0.0701. The number of carboxylic acids is 1. The number of hydrogen-bond donors (Lipinski definition) is 3. The molecule has 29 heavy (non-hydrogen) atoms. The van der Waals surface area contributed by atoms with Gasteiger partial charge in [0, 0.05) is 5.92 Å². The summed E-state index contributed by atoms with van der Waals surface area (Å²) in [5.74, 6) is -0.0700. The first-order chi connectivity index (χ1) is 14.0. The normalized spacial score (nSPS) is 30.0. The van der Waals surface area contributed by atoms with Crippen LogP contribution >= 0.6 is 0 Å². The van der Waals surface area contributed by atoms with E-state index < -0.39 is 12.1 Å². The zero-order valence-electron chi connectivity index (χ0n) is 17.2. The number of hydrogen-bond acceptors (Lipinski definition) is 4. The molecule has 5 heteroatoms. The van der Waals surface area contributed by atoms with E-state index in [1.165, 1.54) is 0 Å². The molecule has 0 amide bonds. The van der Waals surface area contributed by atoms with E-state index in [1.54, 1.807) is 18.2 Å². The van der Waals surface area contributed by atoms with Crippen LogP contribution in [0.1, 0.15) is 67.8 Å². The van der Waals surface area contributed by atoms with Crippen molar-refractivity contribution in [1.29, 1.82) is 0 Å². The van der Waals surface area contributed by atoms with Crippen molar-refractivity contribution >= 4 is 5.97 Å². The molecule has 2 unspecified atom stereocenters. The lowest BCUT2D eigenvalue weighted by Crippen LogP contribution is -2.20. The number of carboxylic acid groups (broad SMARTS) is 1. The van der Waals surface area contributed by atoms with Crippen molar-refractivity contribution in [2.24, 2.45) is 17.8 Å². The van der Waals surface area contributed by atoms with Crippen LogP contribution in [0.25, 0.3) is 0 Å². The Labute approximate surface area is 173 Å². The molecule has 5 nitrogen and oxygen atoms in total. The molecule has 160 valence electrons. The van der Waals surface area contributed by atoms with Gasteiger partial charge < -0.3 is 20.1 Å². The molecular weight excluding hydrogens is 368 g/mol. The number of benzene rings is 1. The second-order valence-electron chi connectivity index (χ2n) is 8.62. The lowest BCUT2D eigenvalue weighted by atomic mass is 9.90. The molecule has 1 aromatic rings. The van der Waals surface area contributed by atoms with Crippen molar-refractivity contribution < 1.29 is 24.9 Å². The Morgan fingerprint density at radius 2 is 2.03 bits per heavy atom. The average molecular weight is 403 g/mol. The number of carbonyl (C=O) groups is 1. The van der Waals surface area contributed by atoms with E-state index in [0.29, 0.717) is 29.6 Å². The van der Waals surface area contributed by atoms with Gasteiger partial charge in [0.2, 0.25) is 0 Å². The third-order valence-corrected chi connectivity index (χ3v) is 6.57. The molecule has 6 atom stereocenters.